The molecule has 0 radical (unpaired) electrons. The van der Waals surface area contributed by atoms with Crippen molar-refractivity contribution in [1.29, 1.82) is 0 Å². The van der Waals surface area contributed by atoms with Crippen LogP contribution in [0.2, 0.25) is 0 Å². The number of ether oxygens (including phenoxy) is 3. The molecule has 6 aromatic rings. The maximum Gasteiger partial charge on any atom is 0.360 e. The summed E-state index contributed by atoms with van der Waals surface area (Å²) in [6.45, 7) is 11.0. The van der Waals surface area contributed by atoms with Gasteiger partial charge in [0.2, 0.25) is 5.60 Å². The summed E-state index contributed by atoms with van der Waals surface area (Å²) in [5.74, 6) is 0.936. The number of hydrogen-bond donors (Lipinski definition) is 0. The summed E-state index contributed by atoms with van der Waals surface area (Å²) in [6.07, 6.45) is 0. The SMILES string of the molecule is CCN(CC)c1ccc(C2(c3c(C)n(CC)c4ccccc34)OC(=O)c3nc(-c4ccc(OC)cc4)c(-c4ccc(OC)cc4)nc32)cc1. The Kier molecular flexibility index (Phi) is 8.32. The topological polar surface area (TPSA) is 78.7 Å². The standard InChI is InChI=1S/C41H40N4O4/c1-7-44(8-2)30-20-18-29(19-21-30)41(35-26(4)45(9-3)34-13-11-10-12-33(34)35)39-38(40(46)49-41)42-36(27-14-22-31(47-5)23-15-27)37(43-39)28-16-24-32(48-6)25-17-28/h10-25H,7-9H2,1-6H3. The van der Waals surface area contributed by atoms with E-state index in [0.717, 1.165) is 75.7 Å². The summed E-state index contributed by atoms with van der Waals surface area (Å²) in [5.41, 5.74) is 7.02. The molecule has 0 fully saturated rings. The van der Waals surface area contributed by atoms with Crippen molar-refractivity contribution in [3.63, 3.8) is 0 Å². The van der Waals surface area contributed by atoms with Crippen LogP contribution in [0, 0.1) is 6.92 Å². The lowest BCUT2D eigenvalue weighted by atomic mass is 9.81. The maximum absolute atomic E-state index is 14.3. The number of nitrogens with zero attached hydrogens (tertiary/aromatic N) is 4. The van der Waals surface area contributed by atoms with Crippen molar-refractivity contribution in [2.75, 3.05) is 32.2 Å². The second-order valence-electron chi connectivity index (χ2n) is 12.1. The van der Waals surface area contributed by atoms with Gasteiger partial charge >= 0.3 is 5.97 Å². The monoisotopic (exact) mass is 652 g/mol. The molecule has 248 valence electrons. The lowest BCUT2D eigenvalue weighted by molar-refractivity contribution is 0.0243. The molecule has 4 aromatic carbocycles. The van der Waals surface area contributed by atoms with Crippen molar-refractivity contribution >= 4 is 22.6 Å². The van der Waals surface area contributed by atoms with E-state index in [1.54, 1.807) is 14.2 Å². The van der Waals surface area contributed by atoms with Crippen molar-refractivity contribution in [2.24, 2.45) is 0 Å². The van der Waals surface area contributed by atoms with E-state index < -0.39 is 11.6 Å². The molecule has 0 N–H and O–H groups in total. The van der Waals surface area contributed by atoms with Gasteiger partial charge in [0, 0.05) is 64.2 Å². The average Bonchev–Trinajstić information content (AvgIpc) is 3.61. The van der Waals surface area contributed by atoms with Gasteiger partial charge in [-0.1, -0.05) is 30.3 Å². The first-order valence-electron chi connectivity index (χ1n) is 16.8. The highest BCUT2D eigenvalue weighted by Crippen LogP contribution is 2.51. The number of methoxy groups -OCH3 is 2. The van der Waals surface area contributed by atoms with E-state index in [1.165, 1.54) is 0 Å². The maximum atomic E-state index is 14.3. The first kappa shape index (κ1) is 31.9. The van der Waals surface area contributed by atoms with Crippen LogP contribution in [0.1, 0.15) is 53.8 Å². The summed E-state index contributed by atoms with van der Waals surface area (Å²) in [4.78, 5) is 27.1. The van der Waals surface area contributed by atoms with Gasteiger partial charge in [-0.05, 0) is 94.4 Å². The zero-order chi connectivity index (χ0) is 34.3. The third-order valence-electron chi connectivity index (χ3n) is 9.70. The Bertz CT molecular complexity index is 2150. The molecule has 0 aliphatic carbocycles. The van der Waals surface area contributed by atoms with Gasteiger partial charge in [0.25, 0.3) is 0 Å². The molecule has 8 nitrogen and oxygen atoms in total. The fourth-order valence-corrected chi connectivity index (χ4v) is 7.25. The van der Waals surface area contributed by atoms with Crippen molar-refractivity contribution in [3.05, 3.63) is 125 Å². The number of aryl methyl sites for hydroxylation is 1. The highest BCUT2D eigenvalue weighted by Gasteiger charge is 2.54. The summed E-state index contributed by atoms with van der Waals surface area (Å²) in [6, 6.07) is 32.0. The van der Waals surface area contributed by atoms with Crippen LogP contribution in [0.5, 0.6) is 11.5 Å². The number of cyclic esters (lactones) is 1. The smallest absolute Gasteiger partial charge is 0.360 e. The van der Waals surface area contributed by atoms with Crippen LogP contribution >= 0.6 is 0 Å². The largest absolute Gasteiger partial charge is 0.497 e. The molecule has 49 heavy (non-hydrogen) atoms. The Labute approximate surface area is 286 Å². The third-order valence-corrected chi connectivity index (χ3v) is 9.70. The molecule has 8 heteroatoms. The summed E-state index contributed by atoms with van der Waals surface area (Å²) < 4.78 is 19.9. The molecule has 0 spiro atoms. The van der Waals surface area contributed by atoms with Crippen LogP contribution in [0.25, 0.3) is 33.4 Å². The number of para-hydroxylation sites is 1. The molecule has 1 aliphatic rings. The number of fused-ring (bicyclic) bond motifs is 2. The molecular formula is C41H40N4O4. The Morgan fingerprint density at radius 1 is 0.735 bits per heavy atom. The van der Waals surface area contributed by atoms with E-state index in [9.17, 15) is 4.79 Å². The number of rotatable bonds is 10. The highest BCUT2D eigenvalue weighted by atomic mass is 16.6. The Morgan fingerprint density at radius 3 is 1.86 bits per heavy atom. The molecule has 0 saturated carbocycles. The molecule has 7 rings (SSSR count). The molecule has 0 saturated heterocycles. The van der Waals surface area contributed by atoms with Crippen LogP contribution in [0.3, 0.4) is 0 Å². The van der Waals surface area contributed by atoms with Gasteiger partial charge in [-0.2, -0.15) is 0 Å². The van der Waals surface area contributed by atoms with Crippen molar-refractivity contribution in [3.8, 4) is 34.0 Å². The molecule has 1 atom stereocenters. The van der Waals surface area contributed by atoms with Crippen LogP contribution in [0.4, 0.5) is 5.69 Å². The van der Waals surface area contributed by atoms with E-state index in [2.05, 4.69) is 73.6 Å². The number of benzene rings is 4. The van der Waals surface area contributed by atoms with Gasteiger partial charge in [0.1, 0.15) is 17.2 Å². The predicted octanol–water partition coefficient (Wildman–Crippen LogP) is 8.42. The fraction of sp³-hybridized carbons (Fsp3) is 0.244. The van der Waals surface area contributed by atoms with Crippen LogP contribution < -0.4 is 14.4 Å². The minimum atomic E-state index is -1.36. The number of anilines is 1. The number of aromatic nitrogens is 3. The molecule has 1 unspecified atom stereocenters. The van der Waals surface area contributed by atoms with E-state index in [4.69, 9.17) is 24.2 Å². The van der Waals surface area contributed by atoms with Crippen LogP contribution in [-0.4, -0.2) is 47.8 Å². The Balaban J connectivity index is 1.57. The molecule has 3 heterocycles. The average molecular weight is 653 g/mol. The first-order valence-corrected chi connectivity index (χ1v) is 16.8. The van der Waals surface area contributed by atoms with Gasteiger partial charge in [0.05, 0.1) is 25.6 Å². The predicted molar refractivity (Wildman–Crippen MR) is 194 cm³/mol. The molecule has 1 aliphatic heterocycles. The Morgan fingerprint density at radius 2 is 1.31 bits per heavy atom. The van der Waals surface area contributed by atoms with Gasteiger partial charge < -0.3 is 23.7 Å². The van der Waals surface area contributed by atoms with Gasteiger partial charge in [0.15, 0.2) is 5.69 Å². The van der Waals surface area contributed by atoms with Crippen molar-refractivity contribution in [1.82, 2.24) is 14.5 Å². The second-order valence-corrected chi connectivity index (χ2v) is 12.1. The molecule has 2 aromatic heterocycles. The van der Waals surface area contributed by atoms with E-state index in [1.807, 2.05) is 60.7 Å². The first-order chi connectivity index (χ1) is 23.9. The molecule has 0 amide bonds. The number of hydrogen-bond acceptors (Lipinski definition) is 7. The van der Waals surface area contributed by atoms with Gasteiger partial charge in [-0.25, -0.2) is 14.8 Å². The number of carbonyl (C=O) groups is 1. The normalized spacial score (nSPS) is 15.3. The van der Waals surface area contributed by atoms with Crippen LogP contribution in [0.15, 0.2) is 97.1 Å². The van der Waals surface area contributed by atoms with Crippen molar-refractivity contribution < 1.29 is 19.0 Å². The summed E-state index contributed by atoms with van der Waals surface area (Å²) in [7, 11) is 3.28. The minimum Gasteiger partial charge on any atom is -0.497 e. The minimum absolute atomic E-state index is 0.198. The van der Waals surface area contributed by atoms with E-state index >= 15 is 0 Å². The lowest BCUT2D eigenvalue weighted by Crippen LogP contribution is -2.32. The molecular weight excluding hydrogens is 612 g/mol. The summed E-state index contributed by atoms with van der Waals surface area (Å²) in [5, 5.41) is 1.00. The summed E-state index contributed by atoms with van der Waals surface area (Å²) >= 11 is 0. The zero-order valence-electron chi connectivity index (χ0n) is 28.8. The quantitative estimate of drug-likeness (QED) is 0.138. The van der Waals surface area contributed by atoms with Crippen LogP contribution in [-0.2, 0) is 16.9 Å². The Hall–Kier alpha value is -5.63. The van der Waals surface area contributed by atoms with Gasteiger partial charge in [-0.3, -0.25) is 0 Å². The third kappa shape index (κ3) is 5.10. The second kappa shape index (κ2) is 12.8. The molecule has 0 bridgehead atoms. The van der Waals surface area contributed by atoms with E-state index in [0.29, 0.717) is 17.1 Å². The van der Waals surface area contributed by atoms with Gasteiger partial charge in [-0.15, -0.1) is 0 Å². The number of esters is 1. The fourth-order valence-electron chi connectivity index (χ4n) is 7.25. The zero-order valence-corrected chi connectivity index (χ0v) is 28.8. The van der Waals surface area contributed by atoms with E-state index in [-0.39, 0.29) is 5.69 Å². The highest BCUT2D eigenvalue weighted by molar-refractivity contribution is 5.98. The van der Waals surface area contributed by atoms with Crippen molar-refractivity contribution in [2.45, 2.75) is 39.8 Å². The number of carbonyl (C=O) groups excluding carboxylic acids is 1. The lowest BCUT2D eigenvalue weighted by Gasteiger charge is -2.31.